The molecule has 0 aromatic rings. The van der Waals surface area contributed by atoms with Gasteiger partial charge in [-0.3, -0.25) is 0 Å². The molecule has 1 aliphatic carbocycles. The Balaban J connectivity index is 1.86. The molecule has 4 unspecified atom stereocenters. The van der Waals surface area contributed by atoms with E-state index < -0.39 is 0 Å². The van der Waals surface area contributed by atoms with E-state index >= 15 is 0 Å². The summed E-state index contributed by atoms with van der Waals surface area (Å²) < 4.78 is 0. The van der Waals surface area contributed by atoms with Gasteiger partial charge in [-0.25, -0.2) is 0 Å². The van der Waals surface area contributed by atoms with Crippen molar-refractivity contribution in [1.29, 1.82) is 0 Å². The quantitative estimate of drug-likeness (QED) is 0.813. The molecule has 0 aromatic heterocycles. The summed E-state index contributed by atoms with van der Waals surface area (Å²) in [6.07, 6.45) is 7.07. The topological polar surface area (TPSA) is 15.3 Å². The molecule has 17 heavy (non-hydrogen) atoms. The highest BCUT2D eigenvalue weighted by Crippen LogP contribution is 2.30. The minimum absolute atomic E-state index is 0.767. The SMILES string of the molecule is CNC1CCC(C)CC1CN1CCCC(C)C1. The van der Waals surface area contributed by atoms with Gasteiger partial charge >= 0.3 is 0 Å². The smallest absolute Gasteiger partial charge is 0.0105 e. The first-order chi connectivity index (χ1) is 8.19. The zero-order valence-corrected chi connectivity index (χ0v) is 11.9. The summed E-state index contributed by atoms with van der Waals surface area (Å²) in [7, 11) is 2.15. The lowest BCUT2D eigenvalue weighted by Gasteiger charge is -2.40. The molecule has 0 radical (unpaired) electrons. The summed E-state index contributed by atoms with van der Waals surface area (Å²) in [4.78, 5) is 2.72. The molecule has 0 spiro atoms. The van der Waals surface area contributed by atoms with Gasteiger partial charge in [0.05, 0.1) is 0 Å². The second-order valence-corrected chi connectivity index (χ2v) is 6.58. The number of nitrogens with zero attached hydrogens (tertiary/aromatic N) is 1. The first-order valence-corrected chi connectivity index (χ1v) is 7.58. The van der Waals surface area contributed by atoms with Gasteiger partial charge in [0.15, 0.2) is 0 Å². The van der Waals surface area contributed by atoms with Crippen LogP contribution >= 0.6 is 0 Å². The van der Waals surface area contributed by atoms with E-state index in [1.165, 1.54) is 51.7 Å². The lowest BCUT2D eigenvalue weighted by molar-refractivity contribution is 0.114. The van der Waals surface area contributed by atoms with Crippen molar-refractivity contribution in [3.8, 4) is 0 Å². The van der Waals surface area contributed by atoms with Crippen molar-refractivity contribution in [2.45, 2.75) is 52.0 Å². The summed E-state index contributed by atoms with van der Waals surface area (Å²) >= 11 is 0. The molecule has 0 amide bonds. The Morgan fingerprint density at radius 1 is 1.12 bits per heavy atom. The van der Waals surface area contributed by atoms with Gasteiger partial charge < -0.3 is 10.2 Å². The van der Waals surface area contributed by atoms with Crippen molar-refractivity contribution in [3.05, 3.63) is 0 Å². The van der Waals surface area contributed by atoms with Crippen LogP contribution in [-0.2, 0) is 0 Å². The molecule has 1 aliphatic heterocycles. The van der Waals surface area contributed by atoms with E-state index in [9.17, 15) is 0 Å². The van der Waals surface area contributed by atoms with Gasteiger partial charge in [0.25, 0.3) is 0 Å². The molecule has 2 aliphatic rings. The minimum Gasteiger partial charge on any atom is -0.317 e. The van der Waals surface area contributed by atoms with Gasteiger partial charge in [-0.05, 0) is 63.5 Å². The molecule has 0 aromatic carbocycles. The number of piperidine rings is 1. The average molecular weight is 238 g/mol. The summed E-state index contributed by atoms with van der Waals surface area (Å²) in [5.74, 6) is 2.73. The molecule has 2 heteroatoms. The minimum atomic E-state index is 0.767. The van der Waals surface area contributed by atoms with E-state index in [-0.39, 0.29) is 0 Å². The van der Waals surface area contributed by atoms with E-state index in [1.54, 1.807) is 0 Å². The Labute approximate surface area is 107 Å². The van der Waals surface area contributed by atoms with Crippen molar-refractivity contribution < 1.29 is 0 Å². The Hall–Kier alpha value is -0.0800. The first kappa shape index (κ1) is 13.4. The fourth-order valence-corrected chi connectivity index (χ4v) is 3.86. The van der Waals surface area contributed by atoms with Crippen LogP contribution in [0.5, 0.6) is 0 Å². The van der Waals surface area contributed by atoms with E-state index in [2.05, 4.69) is 31.1 Å². The third-order valence-corrected chi connectivity index (χ3v) is 4.85. The molecule has 100 valence electrons. The van der Waals surface area contributed by atoms with Gasteiger partial charge in [-0.15, -0.1) is 0 Å². The normalized spacial score (nSPS) is 40.4. The van der Waals surface area contributed by atoms with Crippen LogP contribution in [0.15, 0.2) is 0 Å². The molecule has 0 bridgehead atoms. The number of hydrogen-bond donors (Lipinski definition) is 1. The predicted octanol–water partition coefficient (Wildman–Crippen LogP) is 2.74. The molecule has 1 saturated heterocycles. The van der Waals surface area contributed by atoms with Crippen LogP contribution in [0.3, 0.4) is 0 Å². The van der Waals surface area contributed by atoms with Crippen molar-refractivity contribution >= 4 is 0 Å². The number of nitrogens with one attached hydrogen (secondary N) is 1. The van der Waals surface area contributed by atoms with Gasteiger partial charge in [0, 0.05) is 19.1 Å². The van der Waals surface area contributed by atoms with Crippen LogP contribution in [0.25, 0.3) is 0 Å². The third kappa shape index (κ3) is 3.69. The summed E-state index contributed by atoms with van der Waals surface area (Å²) in [6, 6.07) is 0.767. The molecular formula is C15H30N2. The number of hydrogen-bond acceptors (Lipinski definition) is 2. The number of rotatable bonds is 3. The van der Waals surface area contributed by atoms with Crippen LogP contribution < -0.4 is 5.32 Å². The Bertz CT molecular complexity index is 229. The van der Waals surface area contributed by atoms with Crippen molar-refractivity contribution in [2.24, 2.45) is 17.8 Å². The molecule has 1 N–H and O–H groups in total. The molecule has 1 heterocycles. The van der Waals surface area contributed by atoms with Crippen molar-refractivity contribution in [1.82, 2.24) is 10.2 Å². The fourth-order valence-electron chi connectivity index (χ4n) is 3.86. The zero-order valence-electron chi connectivity index (χ0n) is 11.9. The van der Waals surface area contributed by atoms with Gasteiger partial charge in [0.2, 0.25) is 0 Å². The maximum atomic E-state index is 3.55. The van der Waals surface area contributed by atoms with Crippen LogP contribution in [0, 0.1) is 17.8 Å². The lowest BCUT2D eigenvalue weighted by Crippen LogP contribution is -2.46. The number of likely N-dealkylation sites (tertiary alicyclic amines) is 1. The van der Waals surface area contributed by atoms with Crippen LogP contribution in [0.4, 0.5) is 0 Å². The highest BCUT2D eigenvalue weighted by atomic mass is 15.1. The van der Waals surface area contributed by atoms with Crippen LogP contribution in [0.1, 0.15) is 46.0 Å². The van der Waals surface area contributed by atoms with Gasteiger partial charge in [0.1, 0.15) is 0 Å². The average Bonchev–Trinajstić information content (AvgIpc) is 2.29. The Morgan fingerprint density at radius 3 is 2.65 bits per heavy atom. The van der Waals surface area contributed by atoms with Crippen LogP contribution in [-0.4, -0.2) is 37.6 Å². The monoisotopic (exact) mass is 238 g/mol. The largest absolute Gasteiger partial charge is 0.317 e. The second kappa shape index (κ2) is 6.19. The second-order valence-electron chi connectivity index (χ2n) is 6.58. The molecule has 2 fully saturated rings. The molecule has 1 saturated carbocycles. The van der Waals surface area contributed by atoms with E-state index in [0.717, 1.165) is 23.8 Å². The van der Waals surface area contributed by atoms with Crippen LogP contribution in [0.2, 0.25) is 0 Å². The Kier molecular flexibility index (Phi) is 4.87. The predicted molar refractivity (Wildman–Crippen MR) is 74.2 cm³/mol. The van der Waals surface area contributed by atoms with Crippen molar-refractivity contribution in [3.63, 3.8) is 0 Å². The fraction of sp³-hybridized carbons (Fsp3) is 1.00. The lowest BCUT2D eigenvalue weighted by atomic mass is 9.78. The van der Waals surface area contributed by atoms with E-state index in [0.29, 0.717) is 0 Å². The van der Waals surface area contributed by atoms with E-state index in [4.69, 9.17) is 0 Å². The summed E-state index contributed by atoms with van der Waals surface area (Å²) in [5.41, 5.74) is 0. The maximum Gasteiger partial charge on any atom is 0.0105 e. The standard InChI is InChI=1S/C15H30N2/c1-12-6-7-15(16-3)14(9-12)11-17-8-4-5-13(2)10-17/h12-16H,4-11H2,1-3H3. The molecular weight excluding hydrogens is 208 g/mol. The first-order valence-electron chi connectivity index (χ1n) is 7.58. The van der Waals surface area contributed by atoms with E-state index in [1.807, 2.05) is 0 Å². The molecule has 2 nitrogen and oxygen atoms in total. The van der Waals surface area contributed by atoms with Gasteiger partial charge in [-0.2, -0.15) is 0 Å². The zero-order chi connectivity index (χ0) is 12.3. The van der Waals surface area contributed by atoms with Crippen molar-refractivity contribution in [2.75, 3.05) is 26.7 Å². The molecule has 4 atom stereocenters. The summed E-state index contributed by atoms with van der Waals surface area (Å²) in [5, 5.41) is 3.55. The third-order valence-electron chi connectivity index (χ3n) is 4.85. The molecule has 2 rings (SSSR count). The highest BCUT2D eigenvalue weighted by molar-refractivity contribution is 4.85. The Morgan fingerprint density at radius 2 is 1.94 bits per heavy atom. The van der Waals surface area contributed by atoms with Gasteiger partial charge in [-0.1, -0.05) is 13.8 Å². The summed E-state index contributed by atoms with van der Waals surface area (Å²) in [6.45, 7) is 8.84. The highest BCUT2D eigenvalue weighted by Gasteiger charge is 2.29. The maximum absolute atomic E-state index is 3.55.